The van der Waals surface area contributed by atoms with Crippen molar-refractivity contribution in [2.45, 2.75) is 38.7 Å². The summed E-state index contributed by atoms with van der Waals surface area (Å²) in [4.78, 5) is 26.7. The van der Waals surface area contributed by atoms with Gasteiger partial charge in [-0.2, -0.15) is 0 Å². The Hall–Kier alpha value is -2.44. The first-order valence-corrected chi connectivity index (χ1v) is 11.1. The second-order valence-corrected chi connectivity index (χ2v) is 8.75. The number of ether oxygens (including phenoxy) is 2. The molecule has 1 aromatic rings. The van der Waals surface area contributed by atoms with Crippen molar-refractivity contribution in [3.8, 4) is 5.75 Å². The Balaban J connectivity index is 1.55. The number of methoxy groups -OCH3 is 1. The quantitative estimate of drug-likeness (QED) is 0.534. The van der Waals surface area contributed by atoms with Crippen LogP contribution in [0.5, 0.6) is 5.75 Å². The van der Waals surface area contributed by atoms with Crippen molar-refractivity contribution in [2.75, 3.05) is 27.4 Å². The van der Waals surface area contributed by atoms with Gasteiger partial charge in [-0.1, -0.05) is 36.8 Å². The zero-order valence-electron chi connectivity index (χ0n) is 18.5. The second-order valence-electron chi connectivity index (χ2n) is 8.75. The number of carbonyl (C=O) groups is 2. The number of hydrogen-bond acceptors (Lipinski definition) is 5. The second kappa shape index (κ2) is 8.97. The molecule has 4 atom stereocenters. The van der Waals surface area contributed by atoms with E-state index in [0.717, 1.165) is 30.4 Å². The van der Waals surface area contributed by atoms with Gasteiger partial charge in [0.2, 0.25) is 11.8 Å². The molecule has 31 heavy (non-hydrogen) atoms. The predicted molar refractivity (Wildman–Crippen MR) is 117 cm³/mol. The van der Waals surface area contributed by atoms with Gasteiger partial charge in [0.05, 0.1) is 31.2 Å². The van der Waals surface area contributed by atoms with E-state index in [-0.39, 0.29) is 41.4 Å². The van der Waals surface area contributed by atoms with Gasteiger partial charge in [-0.15, -0.1) is 0 Å². The fourth-order valence-corrected chi connectivity index (χ4v) is 5.43. The van der Waals surface area contributed by atoms with Crippen molar-refractivity contribution in [1.29, 1.82) is 0 Å². The molecule has 0 spiro atoms. The molecule has 2 heterocycles. The third kappa shape index (κ3) is 3.94. The van der Waals surface area contributed by atoms with Gasteiger partial charge >= 0.3 is 0 Å². The molecule has 1 N–H and O–H groups in total. The molecule has 166 valence electrons. The molecule has 2 aliphatic heterocycles. The molecule has 6 heteroatoms. The lowest BCUT2D eigenvalue weighted by molar-refractivity contribution is -0.138. The monoisotopic (exact) mass is 425 g/mol. The maximum absolute atomic E-state index is 12.8. The number of para-hydroxylation sites is 1. The van der Waals surface area contributed by atoms with Crippen LogP contribution in [0.25, 0.3) is 6.08 Å². The molecule has 2 saturated heterocycles. The highest BCUT2D eigenvalue weighted by molar-refractivity contribution is 6.05. The summed E-state index contributed by atoms with van der Waals surface area (Å²) < 4.78 is 11.7. The minimum absolute atomic E-state index is 0.0393. The third-order valence-electron chi connectivity index (χ3n) is 7.03. The number of phenolic OH excluding ortho intramolecular Hbond substituents is 1. The van der Waals surface area contributed by atoms with E-state index in [0.29, 0.717) is 19.6 Å². The first kappa shape index (κ1) is 21.8. The van der Waals surface area contributed by atoms with Gasteiger partial charge in [0, 0.05) is 25.6 Å². The van der Waals surface area contributed by atoms with Crippen LogP contribution >= 0.6 is 0 Å². The fourth-order valence-electron chi connectivity index (χ4n) is 5.43. The van der Waals surface area contributed by atoms with E-state index in [1.165, 1.54) is 16.0 Å². The van der Waals surface area contributed by atoms with Crippen LogP contribution in [-0.2, 0) is 19.1 Å². The Labute approximate surface area is 183 Å². The van der Waals surface area contributed by atoms with Crippen LogP contribution in [0, 0.1) is 17.8 Å². The topological polar surface area (TPSA) is 76.1 Å². The van der Waals surface area contributed by atoms with E-state index < -0.39 is 0 Å². The molecule has 0 radical (unpaired) electrons. The Bertz CT molecular complexity index is 934. The summed E-state index contributed by atoms with van der Waals surface area (Å²) in [6.07, 6.45) is 5.10. The van der Waals surface area contributed by atoms with Crippen LogP contribution in [0.4, 0.5) is 0 Å². The fraction of sp³-hybridized carbons (Fsp3) is 0.520. The van der Waals surface area contributed by atoms with E-state index in [1.807, 2.05) is 18.2 Å². The van der Waals surface area contributed by atoms with E-state index in [4.69, 9.17) is 9.47 Å². The highest BCUT2D eigenvalue weighted by atomic mass is 16.5. The van der Waals surface area contributed by atoms with Crippen LogP contribution in [0.2, 0.25) is 0 Å². The molecule has 0 bridgehead atoms. The number of nitrogens with zero attached hydrogens (tertiary/aromatic N) is 1. The molecule has 2 amide bonds. The summed E-state index contributed by atoms with van der Waals surface area (Å²) in [6, 6.07) is 7.34. The molecule has 0 unspecified atom stereocenters. The van der Waals surface area contributed by atoms with Crippen LogP contribution < -0.4 is 0 Å². The zero-order chi connectivity index (χ0) is 22.1. The first-order chi connectivity index (χ1) is 15.0. The minimum atomic E-state index is -0.305. The molecule has 1 aliphatic carbocycles. The van der Waals surface area contributed by atoms with Gasteiger partial charge in [0.1, 0.15) is 5.75 Å². The van der Waals surface area contributed by atoms with Crippen LogP contribution in [-0.4, -0.2) is 55.3 Å². The number of carbonyl (C=O) groups excluding carboxylic acids is 2. The summed E-state index contributed by atoms with van der Waals surface area (Å²) in [7, 11) is 3.25. The van der Waals surface area contributed by atoms with Gasteiger partial charge in [-0.3, -0.25) is 14.5 Å². The van der Waals surface area contributed by atoms with E-state index >= 15 is 0 Å². The van der Waals surface area contributed by atoms with E-state index in [1.54, 1.807) is 20.2 Å². The summed E-state index contributed by atoms with van der Waals surface area (Å²) in [5, 5.41) is 10.1. The number of rotatable bonds is 7. The van der Waals surface area contributed by atoms with Gasteiger partial charge in [-0.25, -0.2) is 0 Å². The number of amides is 2. The van der Waals surface area contributed by atoms with Crippen molar-refractivity contribution in [3.05, 3.63) is 46.5 Å². The average Bonchev–Trinajstić information content (AvgIpc) is 3.28. The van der Waals surface area contributed by atoms with E-state index in [2.05, 4.69) is 13.0 Å². The lowest BCUT2D eigenvalue weighted by Gasteiger charge is -2.31. The van der Waals surface area contributed by atoms with Crippen molar-refractivity contribution < 1.29 is 24.2 Å². The maximum Gasteiger partial charge on any atom is 0.233 e. The van der Waals surface area contributed by atoms with Crippen LogP contribution in [0.1, 0.15) is 38.2 Å². The molecule has 1 aromatic carbocycles. The summed E-state index contributed by atoms with van der Waals surface area (Å²) in [5.41, 5.74) is 4.36. The summed E-state index contributed by atoms with van der Waals surface area (Å²) in [5.74, 6) is -0.506. The normalized spacial score (nSPS) is 28.4. The Morgan fingerprint density at radius 3 is 2.74 bits per heavy atom. The first-order valence-electron chi connectivity index (χ1n) is 11.1. The zero-order valence-corrected chi connectivity index (χ0v) is 18.5. The highest BCUT2D eigenvalue weighted by Crippen LogP contribution is 2.49. The number of aromatic hydroxyl groups is 1. The molecular weight excluding hydrogens is 394 g/mol. The van der Waals surface area contributed by atoms with Gasteiger partial charge < -0.3 is 14.6 Å². The van der Waals surface area contributed by atoms with Crippen molar-refractivity contribution in [1.82, 2.24) is 4.90 Å². The van der Waals surface area contributed by atoms with Crippen LogP contribution in [0.3, 0.4) is 0 Å². The number of phenols is 1. The van der Waals surface area contributed by atoms with Gasteiger partial charge in [-0.05, 0) is 42.9 Å². The van der Waals surface area contributed by atoms with Crippen molar-refractivity contribution >= 4 is 17.9 Å². The number of hydrogen-bond donors (Lipinski definition) is 1. The molecule has 4 rings (SSSR count). The van der Waals surface area contributed by atoms with Crippen LogP contribution in [0.15, 0.2) is 41.0 Å². The molecule has 0 saturated carbocycles. The number of imide groups is 1. The number of fused-ring (bicyclic) bond motifs is 3. The Kier molecular flexibility index (Phi) is 6.30. The van der Waals surface area contributed by atoms with E-state index in [9.17, 15) is 14.7 Å². The van der Waals surface area contributed by atoms with Gasteiger partial charge in [0.25, 0.3) is 0 Å². The van der Waals surface area contributed by atoms with Crippen molar-refractivity contribution in [3.63, 3.8) is 0 Å². The smallest absolute Gasteiger partial charge is 0.233 e. The maximum atomic E-state index is 12.8. The number of allylic oxidation sites excluding steroid dienone is 1. The summed E-state index contributed by atoms with van der Waals surface area (Å²) in [6.45, 7) is 3.06. The standard InChI is InChI=1S/C25H31NO5/c1-4-15(11-16-7-5-6-8-20(16)27)9-10-21-22-17(13-30-3)12-18-23(19(22)14-31-21)25(29)26(2)24(18)28/h5-8,11,18-19,21,23,27H,4,9-10,12-14H2,1-3H3/b15-11+/t18-,19+,21-,23-/m1/s1. The average molecular weight is 426 g/mol. The molecule has 0 aromatic heterocycles. The van der Waals surface area contributed by atoms with Gasteiger partial charge in [0.15, 0.2) is 0 Å². The molecule has 3 aliphatic rings. The van der Waals surface area contributed by atoms with Crippen molar-refractivity contribution in [2.24, 2.45) is 17.8 Å². The third-order valence-corrected chi connectivity index (χ3v) is 7.03. The molecular formula is C25H31NO5. The molecule has 2 fully saturated rings. The summed E-state index contributed by atoms with van der Waals surface area (Å²) >= 11 is 0. The highest BCUT2D eigenvalue weighted by Gasteiger charge is 2.55. The molecule has 6 nitrogen and oxygen atoms in total. The SMILES string of the molecule is CC/C(=C\c1ccccc1O)CC[C@H]1OC[C@H]2C1=C(COC)C[C@H]1C(=O)N(C)C(=O)[C@H]12. The lowest BCUT2D eigenvalue weighted by atomic mass is 9.69. The minimum Gasteiger partial charge on any atom is -0.507 e. The number of likely N-dealkylation sites (tertiary alicyclic amines) is 1. The predicted octanol–water partition coefficient (Wildman–Crippen LogP) is 3.56. The largest absolute Gasteiger partial charge is 0.507 e. The Morgan fingerprint density at radius 2 is 2.03 bits per heavy atom. The number of benzene rings is 1. The lowest BCUT2D eigenvalue weighted by Crippen LogP contribution is -2.34. The Morgan fingerprint density at radius 1 is 1.26 bits per heavy atom.